The number of nitrogens with one attached hydrogen (secondary N) is 1. The zero-order chi connectivity index (χ0) is 15.7. The third kappa shape index (κ3) is 6.18. The monoisotopic (exact) mass is 288 g/mol. The molecule has 0 unspecified atom stereocenters. The molecule has 0 spiro atoms. The first-order valence-electron chi connectivity index (χ1n) is 7.80. The number of methoxy groups -OCH3 is 1. The molecule has 0 aliphatic carbocycles. The summed E-state index contributed by atoms with van der Waals surface area (Å²) in [7, 11) is 1.59. The third-order valence-corrected chi connectivity index (χ3v) is 3.77. The molecule has 0 saturated carbocycles. The Hall–Kier alpha value is -1.53. The summed E-state index contributed by atoms with van der Waals surface area (Å²) in [4.78, 5) is 0. The van der Waals surface area contributed by atoms with Gasteiger partial charge in [0.15, 0.2) is 0 Å². The van der Waals surface area contributed by atoms with Crippen LogP contribution in [0.25, 0.3) is 0 Å². The van der Waals surface area contributed by atoms with Crippen LogP contribution in [0.4, 0.5) is 0 Å². The van der Waals surface area contributed by atoms with Crippen molar-refractivity contribution in [2.24, 2.45) is 5.41 Å². The van der Waals surface area contributed by atoms with Gasteiger partial charge in [-0.15, -0.1) is 0 Å². The SMILES string of the molecule is CCCCCC(C)(C)CNCc1ccc(OC)c(C#N)c1. The minimum atomic E-state index is 0.319. The molecular formula is C18H28N2O. The number of unbranched alkanes of at least 4 members (excludes halogenated alkanes) is 2. The Morgan fingerprint density at radius 2 is 2.05 bits per heavy atom. The predicted molar refractivity (Wildman–Crippen MR) is 87.3 cm³/mol. The molecule has 1 rings (SSSR count). The van der Waals surface area contributed by atoms with Crippen LogP contribution in [0.2, 0.25) is 0 Å². The van der Waals surface area contributed by atoms with Gasteiger partial charge in [-0.2, -0.15) is 5.26 Å². The molecule has 1 N–H and O–H groups in total. The summed E-state index contributed by atoms with van der Waals surface area (Å²) < 4.78 is 5.16. The van der Waals surface area contributed by atoms with Crippen LogP contribution in [0.5, 0.6) is 5.75 Å². The molecule has 0 bridgehead atoms. The summed E-state index contributed by atoms with van der Waals surface area (Å²) in [6.45, 7) is 8.64. The first-order valence-corrected chi connectivity index (χ1v) is 7.80. The number of nitriles is 1. The average molecular weight is 288 g/mol. The number of hydrogen-bond acceptors (Lipinski definition) is 3. The van der Waals surface area contributed by atoms with Crippen LogP contribution >= 0.6 is 0 Å². The Bertz CT molecular complexity index is 475. The first-order chi connectivity index (χ1) is 10.0. The lowest BCUT2D eigenvalue weighted by atomic mass is 9.87. The Labute approximate surface area is 129 Å². The Balaban J connectivity index is 2.47. The van der Waals surface area contributed by atoms with Gasteiger partial charge in [0.05, 0.1) is 12.7 Å². The lowest BCUT2D eigenvalue weighted by molar-refractivity contribution is 0.302. The molecule has 0 heterocycles. The molecule has 0 amide bonds. The number of hydrogen-bond donors (Lipinski definition) is 1. The van der Waals surface area contributed by atoms with Gasteiger partial charge in [-0.3, -0.25) is 0 Å². The van der Waals surface area contributed by atoms with E-state index in [1.807, 2.05) is 18.2 Å². The van der Waals surface area contributed by atoms with E-state index in [4.69, 9.17) is 10.00 Å². The molecule has 0 saturated heterocycles. The molecule has 1 aromatic carbocycles. The normalized spacial score (nSPS) is 11.2. The van der Waals surface area contributed by atoms with Gasteiger partial charge >= 0.3 is 0 Å². The summed E-state index contributed by atoms with van der Waals surface area (Å²) in [6, 6.07) is 7.95. The second-order valence-electron chi connectivity index (χ2n) is 6.37. The molecule has 0 aliphatic rings. The van der Waals surface area contributed by atoms with Crippen molar-refractivity contribution in [2.75, 3.05) is 13.7 Å². The lowest BCUT2D eigenvalue weighted by Gasteiger charge is -2.25. The van der Waals surface area contributed by atoms with E-state index in [9.17, 15) is 0 Å². The third-order valence-electron chi connectivity index (χ3n) is 3.77. The van der Waals surface area contributed by atoms with Crippen molar-refractivity contribution >= 4 is 0 Å². The number of ether oxygens (including phenoxy) is 1. The van der Waals surface area contributed by atoms with E-state index in [0.717, 1.165) is 18.7 Å². The lowest BCUT2D eigenvalue weighted by Crippen LogP contribution is -2.29. The molecule has 0 aliphatic heterocycles. The fourth-order valence-electron chi connectivity index (χ4n) is 2.44. The summed E-state index contributed by atoms with van der Waals surface area (Å²) in [5.41, 5.74) is 2.04. The summed E-state index contributed by atoms with van der Waals surface area (Å²) in [5.74, 6) is 0.640. The van der Waals surface area contributed by atoms with Gasteiger partial charge in [-0.05, 0) is 29.5 Å². The highest BCUT2D eigenvalue weighted by atomic mass is 16.5. The van der Waals surface area contributed by atoms with E-state index in [-0.39, 0.29) is 0 Å². The van der Waals surface area contributed by atoms with Gasteiger partial charge in [0, 0.05) is 13.1 Å². The van der Waals surface area contributed by atoms with Gasteiger partial charge in [-0.1, -0.05) is 46.1 Å². The number of rotatable bonds is 9. The van der Waals surface area contributed by atoms with E-state index in [1.54, 1.807) is 7.11 Å². The van der Waals surface area contributed by atoms with Gasteiger partial charge < -0.3 is 10.1 Å². The number of nitrogens with zero attached hydrogens (tertiary/aromatic N) is 1. The van der Waals surface area contributed by atoms with Crippen LogP contribution in [-0.2, 0) is 6.54 Å². The Morgan fingerprint density at radius 1 is 1.29 bits per heavy atom. The quantitative estimate of drug-likeness (QED) is 0.690. The van der Waals surface area contributed by atoms with Crippen LogP contribution in [0, 0.1) is 16.7 Å². The number of benzene rings is 1. The molecule has 21 heavy (non-hydrogen) atoms. The highest BCUT2D eigenvalue weighted by Gasteiger charge is 2.16. The molecule has 1 aromatic rings. The van der Waals surface area contributed by atoms with Crippen molar-refractivity contribution in [1.82, 2.24) is 5.32 Å². The van der Waals surface area contributed by atoms with E-state index < -0.39 is 0 Å². The molecular weight excluding hydrogens is 260 g/mol. The zero-order valence-electron chi connectivity index (χ0n) is 13.8. The smallest absolute Gasteiger partial charge is 0.136 e. The van der Waals surface area contributed by atoms with Crippen LogP contribution in [-0.4, -0.2) is 13.7 Å². The highest BCUT2D eigenvalue weighted by Crippen LogP contribution is 2.23. The van der Waals surface area contributed by atoms with E-state index in [1.165, 1.54) is 25.7 Å². The van der Waals surface area contributed by atoms with Crippen molar-refractivity contribution in [3.8, 4) is 11.8 Å². The molecule has 0 atom stereocenters. The molecule has 0 radical (unpaired) electrons. The van der Waals surface area contributed by atoms with Crippen LogP contribution < -0.4 is 10.1 Å². The minimum Gasteiger partial charge on any atom is -0.495 e. The maximum absolute atomic E-state index is 9.10. The van der Waals surface area contributed by atoms with Crippen molar-refractivity contribution < 1.29 is 4.74 Å². The molecule has 3 heteroatoms. The van der Waals surface area contributed by atoms with Gasteiger partial charge in [0.1, 0.15) is 11.8 Å². The summed E-state index contributed by atoms with van der Waals surface area (Å²) in [5, 5.41) is 12.6. The Morgan fingerprint density at radius 3 is 2.67 bits per heavy atom. The van der Waals surface area contributed by atoms with Crippen molar-refractivity contribution in [3.63, 3.8) is 0 Å². The summed E-state index contributed by atoms with van der Waals surface area (Å²) >= 11 is 0. The summed E-state index contributed by atoms with van der Waals surface area (Å²) in [6.07, 6.45) is 5.13. The van der Waals surface area contributed by atoms with E-state index in [0.29, 0.717) is 16.7 Å². The highest BCUT2D eigenvalue weighted by molar-refractivity contribution is 5.45. The van der Waals surface area contributed by atoms with Crippen molar-refractivity contribution in [3.05, 3.63) is 29.3 Å². The topological polar surface area (TPSA) is 45.0 Å². The maximum Gasteiger partial charge on any atom is 0.136 e. The van der Waals surface area contributed by atoms with Gasteiger partial charge in [-0.25, -0.2) is 0 Å². The predicted octanol–water partition coefficient (Wildman–Crippen LogP) is 4.26. The second-order valence-corrected chi connectivity index (χ2v) is 6.37. The maximum atomic E-state index is 9.10. The molecule has 0 fully saturated rings. The van der Waals surface area contributed by atoms with Gasteiger partial charge in [0.2, 0.25) is 0 Å². The molecule has 0 aromatic heterocycles. The van der Waals surface area contributed by atoms with Crippen LogP contribution in [0.3, 0.4) is 0 Å². The largest absolute Gasteiger partial charge is 0.495 e. The fraction of sp³-hybridized carbons (Fsp3) is 0.611. The zero-order valence-corrected chi connectivity index (χ0v) is 13.8. The van der Waals surface area contributed by atoms with Crippen molar-refractivity contribution in [1.29, 1.82) is 5.26 Å². The van der Waals surface area contributed by atoms with Crippen LogP contribution in [0.1, 0.15) is 57.6 Å². The second kappa shape index (κ2) is 8.69. The molecule has 3 nitrogen and oxygen atoms in total. The van der Waals surface area contributed by atoms with Crippen LogP contribution in [0.15, 0.2) is 18.2 Å². The molecule has 116 valence electrons. The average Bonchev–Trinajstić information content (AvgIpc) is 2.47. The van der Waals surface area contributed by atoms with Crippen molar-refractivity contribution in [2.45, 2.75) is 53.0 Å². The first kappa shape index (κ1) is 17.5. The fourth-order valence-corrected chi connectivity index (χ4v) is 2.44. The van der Waals surface area contributed by atoms with E-state index in [2.05, 4.69) is 32.2 Å². The Kier molecular flexibility index (Phi) is 7.25. The standard InChI is InChI=1S/C18H28N2O/c1-5-6-7-10-18(2,3)14-20-13-15-8-9-17(21-4)16(11-15)12-19/h8-9,11,20H,5-7,10,13-14H2,1-4H3. The van der Waals surface area contributed by atoms with Gasteiger partial charge in [0.25, 0.3) is 0 Å². The minimum absolute atomic E-state index is 0.319. The van der Waals surface area contributed by atoms with E-state index >= 15 is 0 Å².